The number of carbonyl (C=O) groups is 2. The summed E-state index contributed by atoms with van der Waals surface area (Å²) in [5, 5.41) is 17.2. The maximum absolute atomic E-state index is 13.1. The van der Waals surface area contributed by atoms with Gasteiger partial charge in [-0.25, -0.2) is 4.79 Å². The maximum Gasteiger partial charge on any atom is 0.323 e. The fourth-order valence-corrected chi connectivity index (χ4v) is 4.61. The topological polar surface area (TPSA) is 96.0 Å². The molecule has 1 unspecified atom stereocenters. The summed E-state index contributed by atoms with van der Waals surface area (Å²) < 4.78 is 0. The lowest BCUT2D eigenvalue weighted by Gasteiger charge is -2.16. The van der Waals surface area contributed by atoms with Crippen molar-refractivity contribution in [2.75, 3.05) is 16.0 Å². The van der Waals surface area contributed by atoms with Gasteiger partial charge in [-0.1, -0.05) is 59.9 Å². The van der Waals surface area contributed by atoms with Gasteiger partial charge in [0.25, 0.3) is 0 Å². The molecule has 33 heavy (non-hydrogen) atoms. The molecule has 9 heteroatoms. The lowest BCUT2D eigenvalue weighted by molar-refractivity contribution is -0.115. The molecule has 3 aromatic carbocycles. The second-order valence-electron chi connectivity index (χ2n) is 6.99. The van der Waals surface area contributed by atoms with Gasteiger partial charge < -0.3 is 10.6 Å². The number of nitrogens with zero attached hydrogens (tertiary/aromatic N) is 2. The lowest BCUT2D eigenvalue weighted by atomic mass is 10.1. The number of aryl methyl sites for hydroxylation is 1. The van der Waals surface area contributed by atoms with E-state index in [1.54, 1.807) is 12.1 Å². The summed E-state index contributed by atoms with van der Waals surface area (Å²) in [7, 11) is 0. The van der Waals surface area contributed by atoms with E-state index < -0.39 is 5.25 Å². The van der Waals surface area contributed by atoms with E-state index in [1.807, 2.05) is 79.7 Å². The standard InChI is InChI=1S/C24H21N5O2S2/c1-16-28-29-24(32-16)27-22(30)21(17-8-4-2-5-9-17)33-20-14-12-19(13-15-20)26-23(31)25-18-10-6-3-7-11-18/h2-15,21H,1H3,(H2,25,26,31)(H,27,29,30). The van der Waals surface area contributed by atoms with E-state index in [0.29, 0.717) is 16.5 Å². The number of benzene rings is 3. The predicted octanol–water partition coefficient (Wildman–Crippen LogP) is 5.96. The van der Waals surface area contributed by atoms with Gasteiger partial charge in [0.05, 0.1) is 0 Å². The summed E-state index contributed by atoms with van der Waals surface area (Å²) >= 11 is 2.76. The number of rotatable bonds is 7. The van der Waals surface area contributed by atoms with Crippen LogP contribution in [0.2, 0.25) is 0 Å². The highest BCUT2D eigenvalue weighted by Gasteiger charge is 2.23. The van der Waals surface area contributed by atoms with E-state index in [9.17, 15) is 9.59 Å². The molecule has 3 amide bonds. The van der Waals surface area contributed by atoms with E-state index in [2.05, 4.69) is 26.1 Å². The number of urea groups is 1. The van der Waals surface area contributed by atoms with Crippen LogP contribution in [0, 0.1) is 6.92 Å². The van der Waals surface area contributed by atoms with Crippen molar-refractivity contribution in [3.63, 3.8) is 0 Å². The largest absolute Gasteiger partial charge is 0.323 e. The van der Waals surface area contributed by atoms with Crippen LogP contribution in [0.15, 0.2) is 89.8 Å². The number of hydrogen-bond acceptors (Lipinski definition) is 6. The molecule has 0 saturated carbocycles. The van der Waals surface area contributed by atoms with E-state index in [0.717, 1.165) is 15.5 Å². The van der Waals surface area contributed by atoms with Crippen LogP contribution in [0.3, 0.4) is 0 Å². The molecule has 4 aromatic rings. The van der Waals surface area contributed by atoms with Gasteiger partial charge in [0.15, 0.2) is 0 Å². The van der Waals surface area contributed by atoms with Crippen molar-refractivity contribution in [2.45, 2.75) is 17.1 Å². The molecule has 1 aromatic heterocycles. The maximum atomic E-state index is 13.1. The number of hydrogen-bond donors (Lipinski definition) is 3. The third-order valence-corrected chi connectivity index (χ3v) is 6.51. The summed E-state index contributed by atoms with van der Waals surface area (Å²) in [6.45, 7) is 1.84. The van der Waals surface area contributed by atoms with E-state index in [1.165, 1.54) is 23.1 Å². The molecule has 0 radical (unpaired) electrons. The molecule has 7 nitrogen and oxygen atoms in total. The SMILES string of the molecule is Cc1nnc(NC(=O)C(Sc2ccc(NC(=O)Nc3ccccc3)cc2)c2ccccc2)s1. The van der Waals surface area contributed by atoms with Crippen LogP contribution in [0.1, 0.15) is 15.8 Å². The number of nitrogens with one attached hydrogen (secondary N) is 3. The van der Waals surface area contributed by atoms with Crippen LogP contribution in [0.5, 0.6) is 0 Å². The van der Waals surface area contributed by atoms with Crippen LogP contribution < -0.4 is 16.0 Å². The molecule has 0 bridgehead atoms. The fourth-order valence-electron chi connectivity index (χ4n) is 2.99. The van der Waals surface area contributed by atoms with Gasteiger partial charge >= 0.3 is 6.03 Å². The Bertz CT molecular complexity index is 1210. The molecule has 0 spiro atoms. The highest BCUT2D eigenvalue weighted by Crippen LogP contribution is 2.37. The smallest absolute Gasteiger partial charge is 0.308 e. The molecule has 0 aliphatic heterocycles. The highest BCUT2D eigenvalue weighted by atomic mass is 32.2. The number of amides is 3. The first kappa shape index (κ1) is 22.5. The summed E-state index contributed by atoms with van der Waals surface area (Å²) in [4.78, 5) is 26.1. The van der Waals surface area contributed by atoms with Gasteiger partial charge in [0.1, 0.15) is 10.3 Å². The van der Waals surface area contributed by atoms with Crippen molar-refractivity contribution in [3.8, 4) is 0 Å². The molecule has 0 aliphatic rings. The Morgan fingerprint density at radius 3 is 2.00 bits per heavy atom. The molecular weight excluding hydrogens is 454 g/mol. The molecule has 3 N–H and O–H groups in total. The second-order valence-corrected chi connectivity index (χ2v) is 9.35. The molecular formula is C24H21N5O2S2. The minimum atomic E-state index is -0.476. The van der Waals surface area contributed by atoms with Gasteiger partial charge in [0.2, 0.25) is 11.0 Å². The first-order valence-electron chi connectivity index (χ1n) is 10.1. The van der Waals surface area contributed by atoms with Gasteiger partial charge in [0, 0.05) is 16.3 Å². The normalized spacial score (nSPS) is 11.4. The van der Waals surface area contributed by atoms with Crippen LogP contribution in [0.4, 0.5) is 21.3 Å². The fraction of sp³-hybridized carbons (Fsp3) is 0.0833. The molecule has 1 atom stereocenters. The van der Waals surface area contributed by atoms with E-state index in [-0.39, 0.29) is 11.9 Å². The summed E-state index contributed by atoms with van der Waals surface area (Å²) in [5.74, 6) is -0.174. The number of para-hydroxylation sites is 1. The third kappa shape index (κ3) is 6.41. The zero-order valence-electron chi connectivity index (χ0n) is 17.7. The number of thioether (sulfide) groups is 1. The first-order chi connectivity index (χ1) is 16.1. The Labute approximate surface area is 199 Å². The van der Waals surface area contributed by atoms with Crippen molar-refractivity contribution in [1.82, 2.24) is 10.2 Å². The van der Waals surface area contributed by atoms with Gasteiger partial charge in [-0.2, -0.15) is 0 Å². The molecule has 166 valence electrons. The monoisotopic (exact) mass is 475 g/mol. The van der Waals surface area contributed by atoms with E-state index >= 15 is 0 Å². The van der Waals surface area contributed by atoms with Gasteiger partial charge in [-0.3, -0.25) is 10.1 Å². The second kappa shape index (κ2) is 10.8. The van der Waals surface area contributed by atoms with E-state index in [4.69, 9.17) is 0 Å². The molecule has 0 aliphatic carbocycles. The van der Waals surface area contributed by atoms with Crippen molar-refractivity contribution < 1.29 is 9.59 Å². The molecule has 0 saturated heterocycles. The summed E-state index contributed by atoms with van der Waals surface area (Å²) in [5.41, 5.74) is 2.24. The average Bonchev–Trinajstić information content (AvgIpc) is 3.24. The Kier molecular flexibility index (Phi) is 7.33. The number of anilines is 3. The van der Waals surface area contributed by atoms with Crippen LogP contribution in [-0.2, 0) is 4.79 Å². The summed E-state index contributed by atoms with van der Waals surface area (Å²) in [6.07, 6.45) is 0. The van der Waals surface area contributed by atoms with Gasteiger partial charge in [-0.15, -0.1) is 22.0 Å². The Balaban J connectivity index is 1.43. The molecule has 4 rings (SSSR count). The van der Waals surface area contributed by atoms with Crippen LogP contribution in [0.25, 0.3) is 0 Å². The molecule has 0 fully saturated rings. The quantitative estimate of drug-likeness (QED) is 0.287. The zero-order chi connectivity index (χ0) is 23.0. The Morgan fingerprint density at radius 1 is 0.788 bits per heavy atom. The van der Waals surface area contributed by atoms with Crippen molar-refractivity contribution in [2.24, 2.45) is 0 Å². The minimum absolute atomic E-state index is 0.174. The first-order valence-corrected chi connectivity index (χ1v) is 11.8. The highest BCUT2D eigenvalue weighted by molar-refractivity contribution is 8.00. The Hall–Kier alpha value is -3.69. The summed E-state index contributed by atoms with van der Waals surface area (Å²) in [6, 6.07) is 25.8. The number of aromatic nitrogens is 2. The minimum Gasteiger partial charge on any atom is -0.308 e. The number of carbonyl (C=O) groups excluding carboxylic acids is 2. The third-order valence-electron chi connectivity index (χ3n) is 4.49. The van der Waals surface area contributed by atoms with Crippen molar-refractivity contribution in [3.05, 3.63) is 95.5 Å². The van der Waals surface area contributed by atoms with Crippen molar-refractivity contribution in [1.29, 1.82) is 0 Å². The average molecular weight is 476 g/mol. The van der Waals surface area contributed by atoms with Gasteiger partial charge in [-0.05, 0) is 48.9 Å². The lowest BCUT2D eigenvalue weighted by Crippen LogP contribution is -2.19. The van der Waals surface area contributed by atoms with Crippen LogP contribution >= 0.6 is 23.1 Å². The van der Waals surface area contributed by atoms with Crippen molar-refractivity contribution >= 4 is 51.5 Å². The Morgan fingerprint density at radius 2 is 1.39 bits per heavy atom. The zero-order valence-corrected chi connectivity index (χ0v) is 19.3. The predicted molar refractivity (Wildman–Crippen MR) is 134 cm³/mol. The molecule has 1 heterocycles. The van der Waals surface area contributed by atoms with Crippen LogP contribution in [-0.4, -0.2) is 22.1 Å².